The minimum atomic E-state index is -0.349. The lowest BCUT2D eigenvalue weighted by molar-refractivity contribution is -0.118. The Morgan fingerprint density at radius 1 is 0.957 bits per heavy atom. The Balaban J connectivity index is 1.93. The van der Waals surface area contributed by atoms with Gasteiger partial charge in [-0.1, -0.05) is 32.0 Å². The van der Waals surface area contributed by atoms with E-state index in [1.54, 1.807) is 62.4 Å². The summed E-state index contributed by atoms with van der Waals surface area (Å²) in [6.45, 7) is 3.59. The number of fused-ring (bicyclic) bond motifs is 1. The third-order valence-electron chi connectivity index (χ3n) is 3.69. The minimum absolute atomic E-state index is 0.121. The van der Waals surface area contributed by atoms with Crippen LogP contribution in [0.25, 0.3) is 0 Å². The van der Waals surface area contributed by atoms with Gasteiger partial charge in [-0.2, -0.15) is 0 Å². The molecule has 1 aliphatic rings. The smallest absolute Gasteiger partial charge is 0.266 e. The van der Waals surface area contributed by atoms with Crippen molar-refractivity contribution in [1.29, 1.82) is 0 Å². The zero-order valence-corrected chi connectivity index (χ0v) is 12.9. The topological polar surface area (TPSA) is 66.5 Å². The second-order valence-corrected chi connectivity index (χ2v) is 5.69. The van der Waals surface area contributed by atoms with Crippen molar-refractivity contribution >= 4 is 29.1 Å². The van der Waals surface area contributed by atoms with Crippen molar-refractivity contribution in [2.24, 2.45) is 5.92 Å². The highest BCUT2D eigenvalue weighted by Crippen LogP contribution is 2.29. The summed E-state index contributed by atoms with van der Waals surface area (Å²) in [6, 6.07) is 13.5. The van der Waals surface area contributed by atoms with Crippen molar-refractivity contribution in [3.05, 3.63) is 59.7 Å². The van der Waals surface area contributed by atoms with E-state index in [1.165, 1.54) is 0 Å². The SMILES string of the molecule is CC(C)C(=O)Nc1cccc(N2C(=O)c3ccccc3C2=O)c1. The van der Waals surface area contributed by atoms with Crippen LogP contribution in [0.3, 0.4) is 0 Å². The average Bonchev–Trinajstić information content (AvgIpc) is 2.79. The van der Waals surface area contributed by atoms with Gasteiger partial charge in [-0.25, -0.2) is 4.90 Å². The van der Waals surface area contributed by atoms with Gasteiger partial charge in [-0.15, -0.1) is 0 Å². The number of carbonyl (C=O) groups is 3. The third kappa shape index (κ3) is 2.61. The van der Waals surface area contributed by atoms with E-state index in [2.05, 4.69) is 5.32 Å². The van der Waals surface area contributed by atoms with Crippen LogP contribution in [0.15, 0.2) is 48.5 Å². The molecule has 0 spiro atoms. The first-order valence-corrected chi connectivity index (χ1v) is 7.38. The van der Waals surface area contributed by atoms with Crippen molar-refractivity contribution in [3.63, 3.8) is 0 Å². The van der Waals surface area contributed by atoms with Crippen LogP contribution in [-0.4, -0.2) is 17.7 Å². The summed E-state index contributed by atoms with van der Waals surface area (Å²) >= 11 is 0. The molecule has 0 saturated heterocycles. The first-order chi connectivity index (χ1) is 11.0. The van der Waals surface area contributed by atoms with Gasteiger partial charge in [-0.05, 0) is 30.3 Å². The number of nitrogens with one attached hydrogen (secondary N) is 1. The molecule has 116 valence electrons. The first kappa shape index (κ1) is 15.0. The molecule has 0 bridgehead atoms. The number of anilines is 2. The van der Waals surface area contributed by atoms with Gasteiger partial charge < -0.3 is 5.32 Å². The Bertz CT molecular complexity index is 776. The van der Waals surface area contributed by atoms with Gasteiger partial charge in [0.25, 0.3) is 11.8 Å². The number of nitrogens with zero attached hydrogens (tertiary/aromatic N) is 1. The van der Waals surface area contributed by atoms with Crippen molar-refractivity contribution in [2.45, 2.75) is 13.8 Å². The molecule has 23 heavy (non-hydrogen) atoms. The summed E-state index contributed by atoms with van der Waals surface area (Å²) in [5.41, 5.74) is 1.79. The van der Waals surface area contributed by atoms with Crippen molar-refractivity contribution in [3.8, 4) is 0 Å². The summed E-state index contributed by atoms with van der Waals surface area (Å²) in [5, 5.41) is 2.77. The van der Waals surface area contributed by atoms with E-state index >= 15 is 0 Å². The van der Waals surface area contributed by atoms with Crippen LogP contribution in [0.4, 0.5) is 11.4 Å². The molecule has 3 rings (SSSR count). The lowest BCUT2D eigenvalue weighted by atomic mass is 10.1. The number of carbonyl (C=O) groups excluding carboxylic acids is 3. The summed E-state index contributed by atoms with van der Waals surface area (Å²) in [5.74, 6) is -0.974. The molecule has 1 aliphatic heterocycles. The van der Waals surface area contributed by atoms with E-state index in [1.807, 2.05) is 0 Å². The second kappa shape index (κ2) is 5.68. The predicted octanol–water partition coefficient (Wildman–Crippen LogP) is 3.08. The Hall–Kier alpha value is -2.95. The van der Waals surface area contributed by atoms with Crippen LogP contribution in [0.1, 0.15) is 34.6 Å². The Labute approximate surface area is 133 Å². The molecule has 0 saturated carbocycles. The molecule has 0 unspecified atom stereocenters. The van der Waals surface area contributed by atoms with Gasteiger partial charge in [-0.3, -0.25) is 14.4 Å². The number of amides is 3. The summed E-state index contributed by atoms with van der Waals surface area (Å²) < 4.78 is 0. The summed E-state index contributed by atoms with van der Waals surface area (Å²) in [6.07, 6.45) is 0. The van der Waals surface area contributed by atoms with Gasteiger partial charge in [0.05, 0.1) is 16.8 Å². The minimum Gasteiger partial charge on any atom is -0.326 e. The number of imide groups is 1. The molecule has 1 heterocycles. The molecule has 5 nitrogen and oxygen atoms in total. The third-order valence-corrected chi connectivity index (χ3v) is 3.69. The lowest BCUT2D eigenvalue weighted by Gasteiger charge is -2.15. The fraction of sp³-hybridized carbons (Fsp3) is 0.167. The Kier molecular flexibility index (Phi) is 3.70. The van der Waals surface area contributed by atoms with Crippen molar-refractivity contribution < 1.29 is 14.4 Å². The molecule has 3 amide bonds. The molecule has 1 N–H and O–H groups in total. The summed E-state index contributed by atoms with van der Waals surface area (Å²) in [7, 11) is 0. The zero-order valence-electron chi connectivity index (χ0n) is 12.9. The molecular formula is C18H16N2O3. The number of benzene rings is 2. The fourth-order valence-corrected chi connectivity index (χ4v) is 2.43. The van der Waals surface area contributed by atoms with E-state index < -0.39 is 0 Å². The monoisotopic (exact) mass is 308 g/mol. The van der Waals surface area contributed by atoms with Gasteiger partial charge in [0.2, 0.25) is 5.91 Å². The molecular weight excluding hydrogens is 292 g/mol. The maximum Gasteiger partial charge on any atom is 0.266 e. The Morgan fingerprint density at radius 2 is 1.57 bits per heavy atom. The van der Waals surface area contributed by atoms with Crippen LogP contribution < -0.4 is 10.2 Å². The maximum atomic E-state index is 12.5. The molecule has 0 radical (unpaired) electrons. The molecule has 0 atom stereocenters. The molecule has 2 aromatic carbocycles. The van der Waals surface area contributed by atoms with Crippen molar-refractivity contribution in [2.75, 3.05) is 10.2 Å². The second-order valence-electron chi connectivity index (χ2n) is 5.69. The average molecular weight is 308 g/mol. The van der Waals surface area contributed by atoms with Gasteiger partial charge in [0.1, 0.15) is 0 Å². The number of hydrogen-bond donors (Lipinski definition) is 1. The highest BCUT2D eigenvalue weighted by atomic mass is 16.2. The highest BCUT2D eigenvalue weighted by molar-refractivity contribution is 6.34. The zero-order chi connectivity index (χ0) is 16.6. The highest BCUT2D eigenvalue weighted by Gasteiger charge is 2.36. The lowest BCUT2D eigenvalue weighted by Crippen LogP contribution is -2.29. The Morgan fingerprint density at radius 3 is 2.13 bits per heavy atom. The van der Waals surface area contributed by atoms with Crippen LogP contribution in [0.5, 0.6) is 0 Å². The largest absolute Gasteiger partial charge is 0.326 e. The quantitative estimate of drug-likeness (QED) is 0.886. The van der Waals surface area contributed by atoms with Crippen LogP contribution in [0.2, 0.25) is 0 Å². The summed E-state index contributed by atoms with van der Waals surface area (Å²) in [4.78, 5) is 37.9. The maximum absolute atomic E-state index is 12.5. The van der Waals surface area contributed by atoms with E-state index in [0.29, 0.717) is 22.5 Å². The van der Waals surface area contributed by atoms with Gasteiger partial charge in [0, 0.05) is 11.6 Å². The van der Waals surface area contributed by atoms with E-state index in [-0.39, 0.29) is 23.6 Å². The van der Waals surface area contributed by atoms with E-state index in [9.17, 15) is 14.4 Å². The molecule has 0 aliphatic carbocycles. The van der Waals surface area contributed by atoms with E-state index in [0.717, 1.165) is 4.90 Å². The number of hydrogen-bond acceptors (Lipinski definition) is 3. The predicted molar refractivity (Wildman–Crippen MR) is 87.5 cm³/mol. The fourth-order valence-electron chi connectivity index (χ4n) is 2.43. The molecule has 5 heteroatoms. The van der Waals surface area contributed by atoms with E-state index in [4.69, 9.17) is 0 Å². The van der Waals surface area contributed by atoms with Crippen LogP contribution in [0, 0.1) is 5.92 Å². The molecule has 0 aromatic heterocycles. The van der Waals surface area contributed by atoms with Gasteiger partial charge in [0.15, 0.2) is 0 Å². The van der Waals surface area contributed by atoms with Crippen molar-refractivity contribution in [1.82, 2.24) is 0 Å². The molecule has 2 aromatic rings. The van der Waals surface area contributed by atoms with Crippen LogP contribution >= 0.6 is 0 Å². The van der Waals surface area contributed by atoms with Crippen LogP contribution in [-0.2, 0) is 4.79 Å². The molecule has 0 fully saturated rings. The first-order valence-electron chi connectivity index (χ1n) is 7.38. The number of rotatable bonds is 3. The van der Waals surface area contributed by atoms with Gasteiger partial charge >= 0.3 is 0 Å². The standard InChI is InChI=1S/C18H16N2O3/c1-11(2)16(21)19-12-6-5-7-13(10-12)20-17(22)14-8-3-4-9-15(14)18(20)23/h3-11H,1-2H3,(H,19,21). The normalized spacial score (nSPS) is 13.4.